The lowest BCUT2D eigenvalue weighted by Gasteiger charge is -2.16. The predicted octanol–water partition coefficient (Wildman–Crippen LogP) is 3.57. The summed E-state index contributed by atoms with van der Waals surface area (Å²) in [5, 5.41) is 5.82. The van der Waals surface area contributed by atoms with E-state index in [0.717, 1.165) is 11.3 Å². The van der Waals surface area contributed by atoms with E-state index >= 15 is 0 Å². The zero-order valence-corrected chi connectivity index (χ0v) is 11.5. The number of hydrogen-bond acceptors (Lipinski definition) is 2. The fourth-order valence-electron chi connectivity index (χ4n) is 1.85. The average Bonchev–Trinajstić information content (AvgIpc) is 2.41. The number of carbonyl (C=O) groups excluding carboxylic acids is 1. The van der Waals surface area contributed by atoms with Gasteiger partial charge in [-0.2, -0.15) is 0 Å². The molecule has 0 saturated carbocycles. The van der Waals surface area contributed by atoms with Gasteiger partial charge < -0.3 is 10.6 Å². The Morgan fingerprint density at radius 1 is 1.15 bits per heavy atom. The van der Waals surface area contributed by atoms with Gasteiger partial charge in [0.25, 0.3) is 0 Å². The average molecular weight is 272 g/mol. The van der Waals surface area contributed by atoms with Crippen LogP contribution in [0.4, 0.5) is 15.8 Å². The number of rotatable bonds is 4. The number of aryl methyl sites for hydroxylation is 1. The number of carbonyl (C=O) groups is 1. The van der Waals surface area contributed by atoms with Crippen LogP contribution >= 0.6 is 0 Å². The minimum atomic E-state index is -0.462. The van der Waals surface area contributed by atoms with Crippen molar-refractivity contribution in [2.45, 2.75) is 19.9 Å². The molecule has 0 radical (unpaired) electrons. The zero-order valence-electron chi connectivity index (χ0n) is 11.5. The Morgan fingerprint density at radius 3 is 2.60 bits per heavy atom. The molecule has 0 fully saturated rings. The van der Waals surface area contributed by atoms with E-state index in [1.807, 2.05) is 31.2 Å². The number of hydrogen-bond donors (Lipinski definition) is 2. The highest BCUT2D eigenvalue weighted by Gasteiger charge is 2.13. The van der Waals surface area contributed by atoms with Gasteiger partial charge in [0.15, 0.2) is 0 Å². The highest BCUT2D eigenvalue weighted by atomic mass is 19.1. The van der Waals surface area contributed by atoms with E-state index in [2.05, 4.69) is 10.6 Å². The number of para-hydroxylation sites is 1. The van der Waals surface area contributed by atoms with Crippen molar-refractivity contribution in [1.29, 1.82) is 0 Å². The van der Waals surface area contributed by atoms with Crippen molar-refractivity contribution in [1.82, 2.24) is 0 Å². The van der Waals surface area contributed by atoms with Crippen LogP contribution in [0.15, 0.2) is 48.5 Å². The van der Waals surface area contributed by atoms with Crippen LogP contribution in [0.3, 0.4) is 0 Å². The molecule has 104 valence electrons. The van der Waals surface area contributed by atoms with Crippen LogP contribution < -0.4 is 10.6 Å². The predicted molar refractivity (Wildman–Crippen MR) is 79.3 cm³/mol. The third kappa shape index (κ3) is 3.57. The van der Waals surface area contributed by atoms with Crippen molar-refractivity contribution >= 4 is 17.3 Å². The molecular formula is C16H17FN2O. The van der Waals surface area contributed by atoms with Crippen LogP contribution in [-0.2, 0) is 4.79 Å². The molecule has 2 N–H and O–H groups in total. The molecule has 3 nitrogen and oxygen atoms in total. The molecule has 1 atom stereocenters. The van der Waals surface area contributed by atoms with Crippen molar-refractivity contribution in [3.8, 4) is 0 Å². The summed E-state index contributed by atoms with van der Waals surface area (Å²) in [6.45, 7) is 3.67. The highest BCUT2D eigenvalue weighted by molar-refractivity contribution is 5.96. The highest BCUT2D eigenvalue weighted by Crippen LogP contribution is 2.15. The van der Waals surface area contributed by atoms with Crippen molar-refractivity contribution < 1.29 is 9.18 Å². The number of nitrogens with one attached hydrogen (secondary N) is 2. The summed E-state index contributed by atoms with van der Waals surface area (Å²) in [5.74, 6) is -0.495. The smallest absolute Gasteiger partial charge is 0.246 e. The number of halogens is 1. The van der Waals surface area contributed by atoms with Gasteiger partial charge in [-0.1, -0.05) is 24.3 Å². The van der Waals surface area contributed by atoms with Crippen molar-refractivity contribution in [3.63, 3.8) is 0 Å². The molecule has 0 aliphatic rings. The molecule has 2 aromatic rings. The van der Waals surface area contributed by atoms with Gasteiger partial charge in [0.2, 0.25) is 5.91 Å². The lowest BCUT2D eigenvalue weighted by atomic mass is 10.2. The summed E-state index contributed by atoms with van der Waals surface area (Å²) in [6.07, 6.45) is 0. The third-order valence-corrected chi connectivity index (χ3v) is 3.00. The molecule has 0 aliphatic carbocycles. The van der Waals surface area contributed by atoms with Crippen molar-refractivity contribution in [2.75, 3.05) is 10.6 Å². The number of anilines is 2. The molecule has 0 aliphatic heterocycles. The largest absolute Gasteiger partial charge is 0.374 e. The van der Waals surface area contributed by atoms with Crippen LogP contribution in [-0.4, -0.2) is 11.9 Å². The van der Waals surface area contributed by atoms with E-state index in [0.29, 0.717) is 5.69 Å². The monoisotopic (exact) mass is 272 g/mol. The summed E-state index contributed by atoms with van der Waals surface area (Å²) in [4.78, 5) is 12.1. The number of benzene rings is 2. The quantitative estimate of drug-likeness (QED) is 0.893. The van der Waals surface area contributed by atoms with E-state index in [1.165, 1.54) is 12.1 Å². The van der Waals surface area contributed by atoms with E-state index in [4.69, 9.17) is 0 Å². The first-order valence-electron chi connectivity index (χ1n) is 6.45. The number of amides is 1. The third-order valence-electron chi connectivity index (χ3n) is 3.00. The second kappa shape index (κ2) is 6.19. The Hall–Kier alpha value is -2.36. The van der Waals surface area contributed by atoms with Gasteiger partial charge in [0, 0.05) is 11.4 Å². The molecule has 20 heavy (non-hydrogen) atoms. The van der Waals surface area contributed by atoms with Gasteiger partial charge in [-0.3, -0.25) is 4.79 Å². The normalized spacial score (nSPS) is 11.8. The first-order chi connectivity index (χ1) is 9.56. The van der Waals surface area contributed by atoms with Crippen LogP contribution in [0.25, 0.3) is 0 Å². The summed E-state index contributed by atoms with van der Waals surface area (Å²) in [7, 11) is 0. The van der Waals surface area contributed by atoms with Gasteiger partial charge in [0.1, 0.15) is 11.9 Å². The molecule has 4 heteroatoms. The Bertz CT molecular complexity index is 613. The van der Waals surface area contributed by atoms with E-state index < -0.39 is 6.04 Å². The van der Waals surface area contributed by atoms with E-state index in [-0.39, 0.29) is 11.7 Å². The molecule has 2 rings (SSSR count). The first-order valence-corrected chi connectivity index (χ1v) is 6.45. The SMILES string of the molecule is Cc1ccccc1NC(=O)C(C)Nc1cccc(F)c1. The van der Waals surface area contributed by atoms with Crippen LogP contribution in [0, 0.1) is 12.7 Å². The minimum Gasteiger partial charge on any atom is -0.374 e. The molecule has 0 saturated heterocycles. The second-order valence-corrected chi connectivity index (χ2v) is 4.68. The Morgan fingerprint density at radius 2 is 1.90 bits per heavy atom. The summed E-state index contributed by atoms with van der Waals surface area (Å²) >= 11 is 0. The maximum absolute atomic E-state index is 13.1. The molecule has 1 unspecified atom stereocenters. The Labute approximate surface area is 117 Å². The molecule has 2 aromatic carbocycles. The van der Waals surface area contributed by atoms with Crippen LogP contribution in [0.2, 0.25) is 0 Å². The lowest BCUT2D eigenvalue weighted by molar-refractivity contribution is -0.116. The molecule has 0 spiro atoms. The second-order valence-electron chi connectivity index (χ2n) is 4.68. The Kier molecular flexibility index (Phi) is 4.35. The summed E-state index contributed by atoms with van der Waals surface area (Å²) < 4.78 is 13.1. The molecular weight excluding hydrogens is 255 g/mol. The van der Waals surface area contributed by atoms with Crippen LogP contribution in [0.1, 0.15) is 12.5 Å². The van der Waals surface area contributed by atoms with E-state index in [1.54, 1.807) is 19.1 Å². The van der Waals surface area contributed by atoms with E-state index in [9.17, 15) is 9.18 Å². The molecule has 0 aromatic heterocycles. The van der Waals surface area contributed by atoms with Gasteiger partial charge in [-0.05, 0) is 43.7 Å². The summed E-state index contributed by atoms with van der Waals surface area (Å²) in [5.41, 5.74) is 2.36. The minimum absolute atomic E-state index is 0.163. The molecule has 1 amide bonds. The fourth-order valence-corrected chi connectivity index (χ4v) is 1.85. The fraction of sp³-hybridized carbons (Fsp3) is 0.188. The van der Waals surface area contributed by atoms with Crippen molar-refractivity contribution in [2.24, 2.45) is 0 Å². The Balaban J connectivity index is 2.01. The van der Waals surface area contributed by atoms with Gasteiger partial charge in [-0.25, -0.2) is 4.39 Å². The maximum Gasteiger partial charge on any atom is 0.246 e. The van der Waals surface area contributed by atoms with Crippen LogP contribution in [0.5, 0.6) is 0 Å². The molecule has 0 bridgehead atoms. The van der Waals surface area contributed by atoms with Crippen molar-refractivity contribution in [3.05, 3.63) is 59.9 Å². The zero-order chi connectivity index (χ0) is 14.5. The molecule has 0 heterocycles. The maximum atomic E-state index is 13.1. The first kappa shape index (κ1) is 14.1. The van der Waals surface area contributed by atoms with Gasteiger partial charge >= 0.3 is 0 Å². The topological polar surface area (TPSA) is 41.1 Å². The standard InChI is InChI=1S/C16H17FN2O/c1-11-6-3-4-9-15(11)19-16(20)12(2)18-14-8-5-7-13(17)10-14/h3-10,12,18H,1-2H3,(H,19,20). The summed E-state index contributed by atoms with van der Waals surface area (Å²) in [6, 6.07) is 13.1. The van der Waals surface area contributed by atoms with Gasteiger partial charge in [0.05, 0.1) is 0 Å². The van der Waals surface area contributed by atoms with Gasteiger partial charge in [-0.15, -0.1) is 0 Å². The lowest BCUT2D eigenvalue weighted by Crippen LogP contribution is -2.32.